The van der Waals surface area contributed by atoms with Gasteiger partial charge in [0.15, 0.2) is 11.5 Å². The van der Waals surface area contributed by atoms with E-state index in [0.29, 0.717) is 11.7 Å². The molecule has 0 saturated carbocycles. The van der Waals surface area contributed by atoms with Crippen molar-refractivity contribution in [3.05, 3.63) is 21.7 Å². The average molecular weight is 314 g/mol. The third-order valence-electron chi connectivity index (χ3n) is 3.74. The topological polar surface area (TPSA) is 41.5 Å². The molecule has 100 valence electrons. The van der Waals surface area contributed by atoms with Crippen molar-refractivity contribution in [3.63, 3.8) is 0 Å². The highest BCUT2D eigenvalue weighted by Crippen LogP contribution is 2.39. The second kappa shape index (κ2) is 5.93. The number of halogens is 1. The van der Waals surface area contributed by atoms with Crippen molar-refractivity contribution in [1.29, 1.82) is 0 Å². The van der Waals surface area contributed by atoms with Gasteiger partial charge in [0.05, 0.1) is 7.11 Å². The second-order valence-electron chi connectivity index (χ2n) is 4.91. The number of hydrogen-bond donors (Lipinski definition) is 2. The summed E-state index contributed by atoms with van der Waals surface area (Å²) in [6, 6.07) is 1.71. The molecule has 0 radical (unpaired) electrons. The molecule has 0 unspecified atom stereocenters. The van der Waals surface area contributed by atoms with E-state index in [0.717, 1.165) is 29.5 Å². The molecule has 0 amide bonds. The molecule has 0 bridgehead atoms. The molecule has 18 heavy (non-hydrogen) atoms. The molecular formula is C14H20BrNO2. The molecule has 3 nitrogen and oxygen atoms in total. The Morgan fingerprint density at radius 3 is 2.72 bits per heavy atom. The zero-order valence-electron chi connectivity index (χ0n) is 10.9. The van der Waals surface area contributed by atoms with Gasteiger partial charge in [-0.25, -0.2) is 0 Å². The van der Waals surface area contributed by atoms with Crippen LogP contribution in [-0.2, 0) is 6.42 Å². The Labute approximate surface area is 117 Å². The molecule has 1 fully saturated rings. The quantitative estimate of drug-likeness (QED) is 0.901. The van der Waals surface area contributed by atoms with Crippen LogP contribution >= 0.6 is 15.9 Å². The van der Waals surface area contributed by atoms with Crippen LogP contribution in [0.3, 0.4) is 0 Å². The van der Waals surface area contributed by atoms with Crippen molar-refractivity contribution in [3.8, 4) is 11.5 Å². The van der Waals surface area contributed by atoms with E-state index in [4.69, 9.17) is 4.74 Å². The van der Waals surface area contributed by atoms with Crippen molar-refractivity contribution in [2.45, 2.75) is 26.2 Å². The van der Waals surface area contributed by atoms with Crippen molar-refractivity contribution in [2.75, 3.05) is 20.2 Å². The Kier molecular flexibility index (Phi) is 4.51. The molecule has 1 aromatic carbocycles. The summed E-state index contributed by atoms with van der Waals surface area (Å²) < 4.78 is 6.32. The third-order valence-corrected chi connectivity index (χ3v) is 4.56. The number of benzene rings is 1. The number of rotatable bonds is 3. The highest BCUT2D eigenvalue weighted by molar-refractivity contribution is 9.10. The lowest BCUT2D eigenvalue weighted by Crippen LogP contribution is -2.28. The number of aromatic hydroxyl groups is 1. The molecule has 0 aromatic heterocycles. The summed E-state index contributed by atoms with van der Waals surface area (Å²) in [5, 5.41) is 13.3. The van der Waals surface area contributed by atoms with Crippen LogP contribution in [0.15, 0.2) is 10.5 Å². The van der Waals surface area contributed by atoms with Gasteiger partial charge in [-0.15, -0.1) is 0 Å². The highest BCUT2D eigenvalue weighted by Gasteiger charge is 2.20. The molecule has 1 saturated heterocycles. The molecule has 2 N–H and O–H groups in total. The van der Waals surface area contributed by atoms with E-state index in [1.165, 1.54) is 18.4 Å². The van der Waals surface area contributed by atoms with Gasteiger partial charge in [-0.1, -0.05) is 15.9 Å². The SMILES string of the molecule is COc1c(O)cc(Br)c(C)c1CC1CCNCC1. The molecule has 1 heterocycles. The first-order valence-corrected chi connectivity index (χ1v) is 7.18. The maximum Gasteiger partial charge on any atom is 0.164 e. The Morgan fingerprint density at radius 1 is 1.44 bits per heavy atom. The minimum Gasteiger partial charge on any atom is -0.504 e. The van der Waals surface area contributed by atoms with Gasteiger partial charge >= 0.3 is 0 Å². The molecule has 4 heteroatoms. The van der Waals surface area contributed by atoms with Crippen LogP contribution in [0.1, 0.15) is 24.0 Å². The third kappa shape index (κ3) is 2.81. The van der Waals surface area contributed by atoms with E-state index in [1.807, 2.05) is 0 Å². The monoisotopic (exact) mass is 313 g/mol. The minimum absolute atomic E-state index is 0.221. The number of methoxy groups -OCH3 is 1. The first-order valence-electron chi connectivity index (χ1n) is 6.39. The number of piperidine rings is 1. The molecule has 0 spiro atoms. The van der Waals surface area contributed by atoms with E-state index in [1.54, 1.807) is 13.2 Å². The molecule has 1 aliphatic heterocycles. The smallest absolute Gasteiger partial charge is 0.164 e. The first kappa shape index (κ1) is 13.7. The van der Waals surface area contributed by atoms with Crippen LogP contribution < -0.4 is 10.1 Å². The van der Waals surface area contributed by atoms with Gasteiger partial charge in [-0.3, -0.25) is 0 Å². The van der Waals surface area contributed by atoms with Crippen molar-refractivity contribution in [1.82, 2.24) is 5.32 Å². The summed E-state index contributed by atoms with van der Waals surface area (Å²) >= 11 is 3.50. The van der Waals surface area contributed by atoms with Gasteiger partial charge in [0, 0.05) is 10.0 Å². The van der Waals surface area contributed by atoms with Crippen LogP contribution in [0, 0.1) is 12.8 Å². The van der Waals surface area contributed by atoms with Gasteiger partial charge in [0.25, 0.3) is 0 Å². The zero-order valence-corrected chi connectivity index (χ0v) is 12.5. The van der Waals surface area contributed by atoms with Gasteiger partial charge in [-0.05, 0) is 56.8 Å². The van der Waals surface area contributed by atoms with Crippen LogP contribution in [0.5, 0.6) is 11.5 Å². The summed E-state index contributed by atoms with van der Waals surface area (Å²) in [4.78, 5) is 0. The van der Waals surface area contributed by atoms with Crippen LogP contribution in [0.4, 0.5) is 0 Å². The Balaban J connectivity index is 2.29. The minimum atomic E-state index is 0.221. The summed E-state index contributed by atoms with van der Waals surface area (Å²) in [6.07, 6.45) is 3.36. The fraction of sp³-hybridized carbons (Fsp3) is 0.571. The summed E-state index contributed by atoms with van der Waals surface area (Å²) in [7, 11) is 1.62. The summed E-state index contributed by atoms with van der Waals surface area (Å²) in [6.45, 7) is 4.25. The number of hydrogen-bond acceptors (Lipinski definition) is 3. The molecule has 0 aliphatic carbocycles. The fourth-order valence-electron chi connectivity index (χ4n) is 2.61. The van der Waals surface area contributed by atoms with Gasteiger partial charge in [-0.2, -0.15) is 0 Å². The lowest BCUT2D eigenvalue weighted by molar-refractivity contribution is 0.347. The van der Waals surface area contributed by atoms with Crippen LogP contribution in [0.25, 0.3) is 0 Å². The molecular weight excluding hydrogens is 294 g/mol. The van der Waals surface area contributed by atoms with Crippen molar-refractivity contribution in [2.24, 2.45) is 5.92 Å². The second-order valence-corrected chi connectivity index (χ2v) is 5.77. The zero-order chi connectivity index (χ0) is 13.1. The van der Waals surface area contributed by atoms with Crippen LogP contribution in [-0.4, -0.2) is 25.3 Å². The Hall–Kier alpha value is -0.740. The fourth-order valence-corrected chi connectivity index (χ4v) is 3.07. The van der Waals surface area contributed by atoms with Crippen molar-refractivity contribution < 1.29 is 9.84 Å². The largest absolute Gasteiger partial charge is 0.504 e. The predicted octanol–water partition coefficient (Wildman–Crippen LogP) is 3.01. The molecule has 0 atom stereocenters. The normalized spacial score (nSPS) is 16.8. The number of phenols is 1. The number of phenolic OH excluding ortho intramolecular Hbond substituents is 1. The lowest BCUT2D eigenvalue weighted by atomic mass is 9.88. The van der Waals surface area contributed by atoms with E-state index < -0.39 is 0 Å². The number of ether oxygens (including phenoxy) is 1. The van der Waals surface area contributed by atoms with Gasteiger partial charge in [0.2, 0.25) is 0 Å². The predicted molar refractivity (Wildman–Crippen MR) is 76.4 cm³/mol. The molecule has 2 rings (SSSR count). The van der Waals surface area contributed by atoms with Crippen molar-refractivity contribution >= 4 is 15.9 Å². The number of nitrogens with one attached hydrogen (secondary N) is 1. The molecule has 1 aromatic rings. The maximum absolute atomic E-state index is 9.96. The van der Waals surface area contributed by atoms with E-state index in [9.17, 15) is 5.11 Å². The molecule has 1 aliphatic rings. The highest BCUT2D eigenvalue weighted by atomic mass is 79.9. The van der Waals surface area contributed by atoms with Gasteiger partial charge in [0.1, 0.15) is 0 Å². The maximum atomic E-state index is 9.96. The van der Waals surface area contributed by atoms with E-state index >= 15 is 0 Å². The van der Waals surface area contributed by atoms with Crippen LogP contribution in [0.2, 0.25) is 0 Å². The first-order chi connectivity index (χ1) is 8.63. The lowest BCUT2D eigenvalue weighted by Gasteiger charge is -2.24. The Morgan fingerprint density at radius 2 is 2.11 bits per heavy atom. The average Bonchev–Trinajstić information content (AvgIpc) is 2.37. The van der Waals surface area contributed by atoms with Gasteiger partial charge < -0.3 is 15.2 Å². The Bertz CT molecular complexity index is 428. The van der Waals surface area contributed by atoms with E-state index in [2.05, 4.69) is 28.2 Å². The summed E-state index contributed by atoms with van der Waals surface area (Å²) in [5.74, 6) is 1.53. The van der Waals surface area contributed by atoms with E-state index in [-0.39, 0.29) is 5.75 Å². The summed E-state index contributed by atoms with van der Waals surface area (Å²) in [5.41, 5.74) is 2.31. The standard InChI is InChI=1S/C14H20BrNO2/c1-9-11(7-10-3-5-16-6-4-10)14(18-2)13(17)8-12(9)15/h8,10,16-17H,3-7H2,1-2H3.